The summed E-state index contributed by atoms with van der Waals surface area (Å²) in [5, 5.41) is 0. The van der Waals surface area contributed by atoms with Gasteiger partial charge in [-0.3, -0.25) is 18.6 Å². The van der Waals surface area contributed by atoms with Crippen LogP contribution in [0, 0.1) is 0 Å². The molecule has 0 aromatic carbocycles. The zero-order valence-electron chi connectivity index (χ0n) is 58.2. The maximum atomic E-state index is 12.8. The standard InChI is InChI=1S/C79H142NO8P/c1-3-5-7-9-11-13-15-17-19-21-23-25-27-29-31-32-33-34-35-36-37-38-39-40-41-42-43-44-46-48-50-52-54-56-58-60-62-64-66-68-70-72-79(82)88-77(76-87-89(83,84)86-74-73-80)75-85-78(81)71-69-67-65-63-61-59-57-55-53-51-49-47-45-30-28-26-24-22-20-18-16-14-12-10-8-6-4-2/h5-8,11-14,17-20,23-26,77H,3-4,9-10,15-16,21-22,27-76,80H2,1-2H3,(H,83,84)/b7-5-,8-6-,13-11-,14-12-,19-17-,20-18-,25-23-,26-24-. The number of unbranched alkanes of at least 4 members (excludes halogenated alkanes) is 42. The molecule has 0 aliphatic heterocycles. The van der Waals surface area contributed by atoms with Crippen LogP contribution in [-0.2, 0) is 32.7 Å². The summed E-state index contributed by atoms with van der Waals surface area (Å²) in [4.78, 5) is 35.4. The Hall–Kier alpha value is -3.07. The van der Waals surface area contributed by atoms with E-state index >= 15 is 0 Å². The molecule has 9 nitrogen and oxygen atoms in total. The minimum atomic E-state index is -4.40. The van der Waals surface area contributed by atoms with Crippen molar-refractivity contribution >= 4 is 19.8 Å². The molecule has 0 spiro atoms. The van der Waals surface area contributed by atoms with Crippen LogP contribution >= 0.6 is 7.82 Å². The van der Waals surface area contributed by atoms with E-state index in [0.717, 1.165) is 83.5 Å². The van der Waals surface area contributed by atoms with E-state index < -0.39 is 26.5 Å². The topological polar surface area (TPSA) is 134 Å². The van der Waals surface area contributed by atoms with Gasteiger partial charge in [0, 0.05) is 19.4 Å². The molecule has 2 unspecified atom stereocenters. The second-order valence-electron chi connectivity index (χ2n) is 25.1. The highest BCUT2D eigenvalue weighted by Crippen LogP contribution is 2.43. The van der Waals surface area contributed by atoms with Crippen LogP contribution in [0.1, 0.15) is 361 Å². The van der Waals surface area contributed by atoms with Crippen molar-refractivity contribution in [2.45, 2.75) is 367 Å². The van der Waals surface area contributed by atoms with Crippen molar-refractivity contribution in [2.75, 3.05) is 26.4 Å². The Morgan fingerprint density at radius 3 is 0.865 bits per heavy atom. The molecule has 0 aliphatic carbocycles. The molecular weight excluding hydrogens is 1120 g/mol. The smallest absolute Gasteiger partial charge is 0.462 e. The van der Waals surface area contributed by atoms with E-state index in [4.69, 9.17) is 24.3 Å². The van der Waals surface area contributed by atoms with Gasteiger partial charge in [0.05, 0.1) is 13.2 Å². The third-order valence-corrected chi connectivity index (χ3v) is 17.4. The van der Waals surface area contributed by atoms with Gasteiger partial charge in [-0.1, -0.05) is 355 Å². The molecule has 0 aliphatic rings. The van der Waals surface area contributed by atoms with Crippen LogP contribution < -0.4 is 5.73 Å². The molecular formula is C79H142NO8P. The molecule has 0 fully saturated rings. The zero-order valence-corrected chi connectivity index (χ0v) is 59.1. The lowest BCUT2D eigenvalue weighted by Crippen LogP contribution is -2.29. The van der Waals surface area contributed by atoms with E-state index in [9.17, 15) is 19.0 Å². The number of carbonyl (C=O) groups is 2. The molecule has 0 saturated carbocycles. The number of esters is 2. The number of ether oxygens (including phenoxy) is 2. The number of phosphoric acid groups is 1. The average Bonchev–Trinajstić information content (AvgIpc) is 3.58. The van der Waals surface area contributed by atoms with Gasteiger partial charge in [-0.25, -0.2) is 4.57 Å². The maximum absolute atomic E-state index is 12.8. The third-order valence-electron chi connectivity index (χ3n) is 16.5. The monoisotopic (exact) mass is 1260 g/mol. The molecule has 0 heterocycles. The summed E-state index contributed by atoms with van der Waals surface area (Å²) < 4.78 is 33.2. The lowest BCUT2D eigenvalue weighted by molar-refractivity contribution is -0.161. The van der Waals surface area contributed by atoms with Crippen LogP contribution in [0.4, 0.5) is 0 Å². The van der Waals surface area contributed by atoms with Gasteiger partial charge in [0.1, 0.15) is 6.61 Å². The summed E-state index contributed by atoms with van der Waals surface area (Å²) in [6.45, 7) is 3.57. The van der Waals surface area contributed by atoms with Gasteiger partial charge in [0.2, 0.25) is 0 Å². The first-order valence-corrected chi connectivity index (χ1v) is 39.2. The Morgan fingerprint density at radius 2 is 0.584 bits per heavy atom. The number of hydrogen-bond donors (Lipinski definition) is 2. The fourth-order valence-electron chi connectivity index (χ4n) is 11.0. The van der Waals surface area contributed by atoms with Crippen molar-refractivity contribution in [1.29, 1.82) is 0 Å². The summed E-state index contributed by atoms with van der Waals surface area (Å²) in [6.07, 6.45) is 101. The molecule has 2 atom stereocenters. The van der Waals surface area contributed by atoms with Crippen molar-refractivity contribution in [3.63, 3.8) is 0 Å². The molecule has 0 radical (unpaired) electrons. The number of carbonyl (C=O) groups excluding carboxylic acids is 2. The summed E-state index contributed by atoms with van der Waals surface area (Å²) in [7, 11) is -4.40. The highest BCUT2D eigenvalue weighted by Gasteiger charge is 2.26. The molecule has 0 bridgehead atoms. The highest BCUT2D eigenvalue weighted by atomic mass is 31.2. The van der Waals surface area contributed by atoms with E-state index in [2.05, 4.69) is 111 Å². The molecule has 0 saturated heterocycles. The Morgan fingerprint density at radius 1 is 0.337 bits per heavy atom. The number of rotatable bonds is 71. The van der Waals surface area contributed by atoms with E-state index in [0.29, 0.717) is 6.42 Å². The predicted octanol–water partition coefficient (Wildman–Crippen LogP) is 25.1. The van der Waals surface area contributed by atoms with E-state index in [1.165, 1.54) is 244 Å². The summed E-state index contributed by atoms with van der Waals surface area (Å²) in [5.74, 6) is -0.813. The van der Waals surface area contributed by atoms with Crippen LogP contribution in [0.15, 0.2) is 97.2 Å². The highest BCUT2D eigenvalue weighted by molar-refractivity contribution is 7.47. The first-order valence-electron chi connectivity index (χ1n) is 37.7. The van der Waals surface area contributed by atoms with Gasteiger partial charge in [-0.2, -0.15) is 0 Å². The Balaban J connectivity index is 3.77. The van der Waals surface area contributed by atoms with Crippen molar-refractivity contribution in [3.8, 4) is 0 Å². The minimum absolute atomic E-state index is 0.0529. The fourth-order valence-corrected chi connectivity index (χ4v) is 11.7. The summed E-state index contributed by atoms with van der Waals surface area (Å²) in [5.41, 5.74) is 5.41. The van der Waals surface area contributed by atoms with Crippen LogP contribution in [0.25, 0.3) is 0 Å². The Bertz CT molecular complexity index is 1780. The normalized spacial score (nSPS) is 13.4. The first kappa shape index (κ1) is 85.9. The number of nitrogens with two attached hydrogens (primary N) is 1. The SMILES string of the molecule is CC/C=C\C/C=C\C/C=C\C/C=C\CCCCCCCCCCCCCCCCCCCCCCCCCCCCCCC(=O)OC(COC(=O)CCCCCCCCCCCCCCCC/C=C\C/C=C\C/C=C\C/C=C\CC)COP(=O)(O)OCCN. The molecule has 10 heteroatoms. The zero-order chi connectivity index (χ0) is 64.4. The molecule has 3 N–H and O–H groups in total. The van der Waals surface area contributed by atoms with Crippen molar-refractivity contribution in [1.82, 2.24) is 0 Å². The van der Waals surface area contributed by atoms with Crippen LogP contribution in [0.2, 0.25) is 0 Å². The van der Waals surface area contributed by atoms with Gasteiger partial charge in [0.25, 0.3) is 0 Å². The average molecular weight is 1260 g/mol. The third kappa shape index (κ3) is 73.9. The van der Waals surface area contributed by atoms with E-state index in [1.54, 1.807) is 0 Å². The Kier molecular flexibility index (Phi) is 71.4. The molecule has 0 rings (SSSR count). The lowest BCUT2D eigenvalue weighted by atomic mass is 10.0. The van der Waals surface area contributed by atoms with Crippen LogP contribution in [0.3, 0.4) is 0 Å². The Labute approximate surface area is 550 Å². The number of allylic oxidation sites excluding steroid dienone is 16. The van der Waals surface area contributed by atoms with Gasteiger partial charge < -0.3 is 20.1 Å². The van der Waals surface area contributed by atoms with Crippen LogP contribution in [0.5, 0.6) is 0 Å². The maximum Gasteiger partial charge on any atom is 0.472 e. The van der Waals surface area contributed by atoms with E-state index in [-0.39, 0.29) is 38.6 Å². The second kappa shape index (κ2) is 74.0. The second-order valence-corrected chi connectivity index (χ2v) is 26.6. The predicted molar refractivity (Wildman–Crippen MR) is 385 cm³/mol. The van der Waals surface area contributed by atoms with Gasteiger partial charge >= 0.3 is 19.8 Å². The molecule has 89 heavy (non-hydrogen) atoms. The lowest BCUT2D eigenvalue weighted by Gasteiger charge is -2.19. The summed E-state index contributed by atoms with van der Waals surface area (Å²) in [6, 6.07) is 0. The summed E-state index contributed by atoms with van der Waals surface area (Å²) >= 11 is 0. The molecule has 516 valence electrons. The van der Waals surface area contributed by atoms with E-state index in [1.807, 2.05) is 0 Å². The quantitative estimate of drug-likeness (QED) is 0.0264. The largest absolute Gasteiger partial charge is 0.472 e. The fraction of sp³-hybridized carbons (Fsp3) is 0.772. The van der Waals surface area contributed by atoms with Gasteiger partial charge in [-0.15, -0.1) is 0 Å². The first-order chi connectivity index (χ1) is 43.8. The molecule has 0 aromatic rings. The molecule has 0 aromatic heterocycles. The van der Waals surface area contributed by atoms with Gasteiger partial charge in [0.15, 0.2) is 6.10 Å². The number of hydrogen-bond acceptors (Lipinski definition) is 8. The number of phosphoric ester groups is 1. The van der Waals surface area contributed by atoms with Crippen molar-refractivity contribution in [3.05, 3.63) is 97.2 Å². The molecule has 0 amide bonds. The van der Waals surface area contributed by atoms with Gasteiger partial charge in [-0.05, 0) is 89.9 Å². The van der Waals surface area contributed by atoms with Crippen molar-refractivity contribution < 1.29 is 37.6 Å². The van der Waals surface area contributed by atoms with Crippen LogP contribution in [-0.4, -0.2) is 49.3 Å². The van der Waals surface area contributed by atoms with Crippen molar-refractivity contribution in [2.24, 2.45) is 5.73 Å². The minimum Gasteiger partial charge on any atom is -0.462 e.